The molecule has 6 heteroatoms. The topological polar surface area (TPSA) is 67.2 Å². The second kappa shape index (κ2) is 6.26. The highest BCUT2D eigenvalue weighted by Gasteiger charge is 2.22. The van der Waals surface area contributed by atoms with Gasteiger partial charge in [0, 0.05) is 13.1 Å². The Morgan fingerprint density at radius 1 is 1.60 bits per heavy atom. The van der Waals surface area contributed by atoms with Crippen LogP contribution in [0.3, 0.4) is 0 Å². The number of hydrogen-bond donors (Lipinski definition) is 2. The molecule has 0 amide bonds. The fraction of sp³-hybridized carbons (Fsp3) is 0.714. The summed E-state index contributed by atoms with van der Waals surface area (Å²) < 4.78 is 2.16. The van der Waals surface area contributed by atoms with Gasteiger partial charge in [0.1, 0.15) is 5.69 Å². The van der Waals surface area contributed by atoms with Crippen molar-refractivity contribution in [2.75, 3.05) is 11.9 Å². The van der Waals surface area contributed by atoms with Crippen molar-refractivity contribution in [2.45, 2.75) is 51.7 Å². The van der Waals surface area contributed by atoms with Crippen molar-refractivity contribution in [3.05, 3.63) is 21.0 Å². The number of hydrogen-bond acceptors (Lipinski definition) is 4. The molecule has 1 heterocycles. The number of halogens is 1. The zero-order valence-electron chi connectivity index (χ0n) is 12.0. The van der Waals surface area contributed by atoms with E-state index < -0.39 is 5.60 Å². The maximum Gasteiger partial charge on any atom is 0.291 e. The van der Waals surface area contributed by atoms with E-state index >= 15 is 0 Å². The van der Waals surface area contributed by atoms with E-state index in [1.807, 2.05) is 6.92 Å². The van der Waals surface area contributed by atoms with Crippen molar-refractivity contribution in [3.63, 3.8) is 0 Å². The summed E-state index contributed by atoms with van der Waals surface area (Å²) in [6.45, 7) is 4.69. The van der Waals surface area contributed by atoms with Crippen LogP contribution in [0.1, 0.15) is 39.5 Å². The molecule has 5 nitrogen and oxygen atoms in total. The molecule has 2 rings (SSSR count). The molecular weight excluding hydrogens is 322 g/mol. The first-order valence-electron chi connectivity index (χ1n) is 7.15. The number of rotatable bonds is 6. The van der Waals surface area contributed by atoms with Crippen LogP contribution in [0, 0.1) is 5.92 Å². The molecule has 1 aliphatic carbocycles. The summed E-state index contributed by atoms with van der Waals surface area (Å²) in [5.74, 6) is 0.577. The van der Waals surface area contributed by atoms with Gasteiger partial charge in [0.15, 0.2) is 0 Å². The van der Waals surface area contributed by atoms with Gasteiger partial charge in [-0.3, -0.25) is 4.79 Å². The fourth-order valence-electron chi connectivity index (χ4n) is 2.08. The van der Waals surface area contributed by atoms with Gasteiger partial charge in [0.05, 0.1) is 16.3 Å². The number of nitrogens with one attached hydrogen (secondary N) is 1. The van der Waals surface area contributed by atoms with Crippen LogP contribution >= 0.6 is 15.9 Å². The number of aromatic nitrogens is 2. The van der Waals surface area contributed by atoms with Crippen molar-refractivity contribution in [2.24, 2.45) is 5.92 Å². The fourth-order valence-corrected chi connectivity index (χ4v) is 2.48. The average molecular weight is 344 g/mol. The molecular formula is C14H22BrN3O2. The van der Waals surface area contributed by atoms with E-state index in [2.05, 4.69) is 26.3 Å². The molecule has 0 aliphatic heterocycles. The first kappa shape index (κ1) is 15.5. The summed E-state index contributed by atoms with van der Waals surface area (Å²) in [7, 11) is 0. The summed E-state index contributed by atoms with van der Waals surface area (Å²) in [6.07, 6.45) is 5.87. The maximum absolute atomic E-state index is 12.4. The largest absolute Gasteiger partial charge is 0.388 e. The quantitative estimate of drug-likeness (QED) is 0.832. The lowest BCUT2D eigenvalue weighted by Crippen LogP contribution is -2.36. The van der Waals surface area contributed by atoms with E-state index in [4.69, 9.17) is 0 Å². The lowest BCUT2D eigenvalue weighted by molar-refractivity contribution is 0.0697. The number of aliphatic hydroxyl groups is 1. The highest BCUT2D eigenvalue weighted by Crippen LogP contribution is 2.27. The minimum Gasteiger partial charge on any atom is -0.388 e. The number of nitrogens with zero attached hydrogens (tertiary/aromatic N) is 2. The standard InChI is InChI=1S/C14H22BrN3O2/c1-3-14(2,20)9-16-12-11(15)7-17-18(13(12)19)8-10-5-4-6-10/h7,10,16,20H,3-6,8-9H2,1-2H3. The molecule has 1 aromatic rings. The summed E-state index contributed by atoms with van der Waals surface area (Å²) in [6, 6.07) is 0. The minimum atomic E-state index is -0.825. The van der Waals surface area contributed by atoms with Crippen LogP contribution in [-0.2, 0) is 6.54 Å². The first-order chi connectivity index (χ1) is 9.43. The highest BCUT2D eigenvalue weighted by molar-refractivity contribution is 9.10. The zero-order valence-corrected chi connectivity index (χ0v) is 13.6. The van der Waals surface area contributed by atoms with Gasteiger partial charge in [-0.2, -0.15) is 5.10 Å². The van der Waals surface area contributed by atoms with Gasteiger partial charge in [-0.15, -0.1) is 0 Å². The van der Waals surface area contributed by atoms with Crippen molar-refractivity contribution in [3.8, 4) is 0 Å². The Balaban J connectivity index is 2.14. The van der Waals surface area contributed by atoms with Crippen molar-refractivity contribution < 1.29 is 5.11 Å². The molecule has 1 aliphatic rings. The van der Waals surface area contributed by atoms with Gasteiger partial charge in [-0.25, -0.2) is 4.68 Å². The van der Waals surface area contributed by atoms with E-state index in [1.165, 1.54) is 23.9 Å². The summed E-state index contributed by atoms with van der Waals surface area (Å²) in [4.78, 5) is 12.4. The molecule has 1 atom stereocenters. The summed E-state index contributed by atoms with van der Waals surface area (Å²) in [5.41, 5.74) is -0.472. The van der Waals surface area contributed by atoms with Gasteiger partial charge in [0.25, 0.3) is 5.56 Å². The predicted molar refractivity (Wildman–Crippen MR) is 82.9 cm³/mol. The molecule has 2 N–H and O–H groups in total. The molecule has 0 bridgehead atoms. The monoisotopic (exact) mass is 343 g/mol. The van der Waals surface area contributed by atoms with E-state index in [0.29, 0.717) is 35.6 Å². The summed E-state index contributed by atoms with van der Waals surface area (Å²) >= 11 is 3.35. The van der Waals surface area contributed by atoms with Crippen molar-refractivity contribution in [1.29, 1.82) is 0 Å². The molecule has 1 unspecified atom stereocenters. The van der Waals surface area contributed by atoms with E-state index in [9.17, 15) is 9.90 Å². The van der Waals surface area contributed by atoms with Gasteiger partial charge < -0.3 is 10.4 Å². The molecule has 1 fully saturated rings. The lowest BCUT2D eigenvalue weighted by Gasteiger charge is -2.26. The molecule has 20 heavy (non-hydrogen) atoms. The van der Waals surface area contributed by atoms with Gasteiger partial charge in [-0.1, -0.05) is 13.3 Å². The van der Waals surface area contributed by atoms with Crippen molar-refractivity contribution in [1.82, 2.24) is 9.78 Å². The maximum atomic E-state index is 12.4. The van der Waals surface area contributed by atoms with Crippen LogP contribution in [0.2, 0.25) is 0 Å². The number of anilines is 1. The lowest BCUT2D eigenvalue weighted by atomic mass is 9.85. The normalized spacial score (nSPS) is 18.4. The summed E-state index contributed by atoms with van der Waals surface area (Å²) in [5, 5.41) is 17.3. The van der Waals surface area contributed by atoms with Gasteiger partial charge >= 0.3 is 0 Å². The molecule has 1 aromatic heterocycles. The minimum absolute atomic E-state index is 0.127. The van der Waals surface area contributed by atoms with Crippen LogP contribution in [0.5, 0.6) is 0 Å². The third-order valence-electron chi connectivity index (χ3n) is 4.06. The SMILES string of the molecule is CCC(C)(O)CNc1c(Br)cnn(CC2CCC2)c1=O. The zero-order chi connectivity index (χ0) is 14.8. The Kier molecular flexibility index (Phi) is 4.86. The van der Waals surface area contributed by atoms with Crippen LogP contribution in [0.25, 0.3) is 0 Å². The first-order valence-corrected chi connectivity index (χ1v) is 7.94. The Morgan fingerprint density at radius 2 is 2.30 bits per heavy atom. The average Bonchev–Trinajstić information content (AvgIpc) is 2.35. The van der Waals surface area contributed by atoms with Crippen molar-refractivity contribution >= 4 is 21.6 Å². The van der Waals surface area contributed by atoms with Gasteiger partial charge in [0.2, 0.25) is 0 Å². The Hall–Kier alpha value is -0.880. The van der Waals surface area contributed by atoms with Gasteiger partial charge in [-0.05, 0) is 48.0 Å². The van der Waals surface area contributed by atoms with Crippen LogP contribution < -0.4 is 10.9 Å². The molecule has 0 saturated heterocycles. The molecule has 1 saturated carbocycles. The molecule has 112 valence electrons. The second-order valence-electron chi connectivity index (χ2n) is 5.86. The third kappa shape index (κ3) is 3.61. The Bertz CT molecular complexity index is 524. The highest BCUT2D eigenvalue weighted by atomic mass is 79.9. The Labute approximate surface area is 127 Å². The second-order valence-corrected chi connectivity index (χ2v) is 6.71. The molecule has 0 spiro atoms. The van der Waals surface area contributed by atoms with Crippen LogP contribution in [-0.4, -0.2) is 27.0 Å². The smallest absolute Gasteiger partial charge is 0.291 e. The molecule has 0 radical (unpaired) electrons. The molecule has 0 aromatic carbocycles. The van der Waals surface area contributed by atoms with E-state index in [-0.39, 0.29) is 5.56 Å². The third-order valence-corrected chi connectivity index (χ3v) is 4.66. The Morgan fingerprint density at radius 3 is 2.85 bits per heavy atom. The van der Waals surface area contributed by atoms with Crippen LogP contribution in [0.4, 0.5) is 5.69 Å². The predicted octanol–water partition coefficient (Wildman–Crippen LogP) is 2.38. The van der Waals surface area contributed by atoms with Crippen LogP contribution in [0.15, 0.2) is 15.5 Å². The van der Waals surface area contributed by atoms with E-state index in [0.717, 1.165) is 0 Å². The van der Waals surface area contributed by atoms with E-state index in [1.54, 1.807) is 13.1 Å².